The first-order chi connectivity index (χ1) is 10.1. The predicted octanol–water partition coefficient (Wildman–Crippen LogP) is 2.90. The molecule has 0 radical (unpaired) electrons. The summed E-state index contributed by atoms with van der Waals surface area (Å²) in [5.74, 6) is 0.912. The van der Waals surface area contributed by atoms with Crippen LogP contribution in [0.15, 0.2) is 36.4 Å². The predicted molar refractivity (Wildman–Crippen MR) is 78.5 cm³/mol. The maximum absolute atomic E-state index is 14.3. The van der Waals surface area contributed by atoms with Crippen LogP contribution in [-0.2, 0) is 0 Å². The molecule has 2 aromatic rings. The minimum Gasteiger partial charge on any atom is -0.496 e. The minimum absolute atomic E-state index is 0.317. The molecule has 0 saturated carbocycles. The van der Waals surface area contributed by atoms with Crippen molar-refractivity contribution < 1.29 is 18.6 Å². The number of methoxy groups -OCH3 is 3. The zero-order valence-corrected chi connectivity index (χ0v) is 12.2. The fraction of sp³-hybridized carbons (Fsp3) is 0.250. The molecule has 112 valence electrons. The number of hydrogen-bond acceptors (Lipinski definition) is 4. The average molecular weight is 291 g/mol. The second kappa shape index (κ2) is 6.45. The summed E-state index contributed by atoms with van der Waals surface area (Å²) in [7, 11) is 4.50. The van der Waals surface area contributed by atoms with Crippen molar-refractivity contribution in [2.75, 3.05) is 21.3 Å². The standard InChI is InChI=1S/C16H18FNO3/c1-19-13-7-5-4-6-10(13)16(18)11-8-14(20-2)15(21-3)9-12(11)17/h4-9,16H,18H2,1-3H3. The Labute approximate surface area is 123 Å². The molecule has 0 aliphatic heterocycles. The van der Waals surface area contributed by atoms with E-state index in [9.17, 15) is 4.39 Å². The quantitative estimate of drug-likeness (QED) is 0.920. The molecule has 1 atom stereocenters. The number of nitrogens with two attached hydrogens (primary N) is 1. The SMILES string of the molecule is COc1cc(F)c(C(N)c2ccccc2OC)cc1OC. The molecule has 0 aliphatic rings. The Morgan fingerprint density at radius 3 is 2.05 bits per heavy atom. The molecule has 0 saturated heterocycles. The number of ether oxygens (including phenoxy) is 3. The van der Waals surface area contributed by atoms with E-state index >= 15 is 0 Å². The molecule has 0 aromatic heterocycles. The monoisotopic (exact) mass is 291 g/mol. The number of hydrogen-bond donors (Lipinski definition) is 1. The lowest BCUT2D eigenvalue weighted by molar-refractivity contribution is 0.351. The molecule has 1 unspecified atom stereocenters. The molecule has 0 spiro atoms. The van der Waals surface area contributed by atoms with Crippen LogP contribution < -0.4 is 19.9 Å². The molecule has 0 bridgehead atoms. The lowest BCUT2D eigenvalue weighted by Crippen LogP contribution is -2.15. The Bertz CT molecular complexity index is 631. The fourth-order valence-corrected chi connectivity index (χ4v) is 2.20. The van der Waals surface area contributed by atoms with Crippen LogP contribution in [0.2, 0.25) is 0 Å². The van der Waals surface area contributed by atoms with Crippen LogP contribution in [-0.4, -0.2) is 21.3 Å². The highest BCUT2D eigenvalue weighted by Crippen LogP contribution is 2.35. The van der Waals surface area contributed by atoms with E-state index in [1.54, 1.807) is 25.3 Å². The second-order valence-electron chi connectivity index (χ2n) is 4.45. The van der Waals surface area contributed by atoms with Crippen molar-refractivity contribution in [3.8, 4) is 17.2 Å². The van der Waals surface area contributed by atoms with Crippen LogP contribution in [0.4, 0.5) is 4.39 Å². The highest BCUT2D eigenvalue weighted by Gasteiger charge is 2.20. The van der Waals surface area contributed by atoms with Crippen molar-refractivity contribution in [3.63, 3.8) is 0 Å². The summed E-state index contributed by atoms with van der Waals surface area (Å²) in [6, 6.07) is 9.40. The summed E-state index contributed by atoms with van der Waals surface area (Å²) in [5.41, 5.74) is 7.21. The van der Waals surface area contributed by atoms with E-state index in [0.29, 0.717) is 28.4 Å². The fourth-order valence-electron chi connectivity index (χ4n) is 2.20. The van der Waals surface area contributed by atoms with Gasteiger partial charge in [-0.3, -0.25) is 0 Å². The maximum atomic E-state index is 14.3. The Balaban J connectivity index is 2.50. The van der Waals surface area contributed by atoms with Crippen molar-refractivity contribution in [3.05, 3.63) is 53.3 Å². The van der Waals surface area contributed by atoms with E-state index in [-0.39, 0.29) is 0 Å². The van der Waals surface area contributed by atoms with Gasteiger partial charge in [0.1, 0.15) is 11.6 Å². The van der Waals surface area contributed by atoms with E-state index in [2.05, 4.69) is 0 Å². The maximum Gasteiger partial charge on any atom is 0.163 e. The third kappa shape index (κ3) is 2.92. The molecule has 2 rings (SSSR count). The van der Waals surface area contributed by atoms with Crippen molar-refractivity contribution in [2.24, 2.45) is 5.73 Å². The smallest absolute Gasteiger partial charge is 0.163 e. The van der Waals surface area contributed by atoms with Gasteiger partial charge in [0.15, 0.2) is 11.5 Å². The van der Waals surface area contributed by atoms with Crippen LogP contribution in [0.1, 0.15) is 17.2 Å². The van der Waals surface area contributed by atoms with Gasteiger partial charge in [0.25, 0.3) is 0 Å². The molecule has 21 heavy (non-hydrogen) atoms. The summed E-state index contributed by atoms with van der Waals surface area (Å²) < 4.78 is 29.8. The van der Waals surface area contributed by atoms with Crippen molar-refractivity contribution in [2.45, 2.75) is 6.04 Å². The first-order valence-electron chi connectivity index (χ1n) is 6.42. The number of para-hydroxylation sites is 1. The number of halogens is 1. The van der Waals surface area contributed by atoms with E-state index in [1.807, 2.05) is 12.1 Å². The van der Waals surface area contributed by atoms with Crippen LogP contribution in [0.5, 0.6) is 17.2 Å². The van der Waals surface area contributed by atoms with Crippen LogP contribution in [0, 0.1) is 5.82 Å². The Morgan fingerprint density at radius 1 is 0.857 bits per heavy atom. The lowest BCUT2D eigenvalue weighted by Gasteiger charge is -2.18. The summed E-state index contributed by atoms with van der Waals surface area (Å²) in [4.78, 5) is 0. The minimum atomic E-state index is -0.666. The van der Waals surface area contributed by atoms with Gasteiger partial charge < -0.3 is 19.9 Å². The van der Waals surface area contributed by atoms with Crippen molar-refractivity contribution in [1.29, 1.82) is 0 Å². The summed E-state index contributed by atoms with van der Waals surface area (Å²) >= 11 is 0. The normalized spacial score (nSPS) is 11.9. The third-order valence-electron chi connectivity index (χ3n) is 3.31. The van der Waals surface area contributed by atoms with Gasteiger partial charge in [0.05, 0.1) is 27.4 Å². The van der Waals surface area contributed by atoms with Gasteiger partial charge >= 0.3 is 0 Å². The first-order valence-corrected chi connectivity index (χ1v) is 6.42. The Kier molecular flexibility index (Phi) is 4.65. The van der Waals surface area contributed by atoms with Gasteiger partial charge in [0, 0.05) is 17.2 Å². The Hall–Kier alpha value is -2.27. The van der Waals surface area contributed by atoms with Gasteiger partial charge in [-0.2, -0.15) is 0 Å². The molecule has 0 fully saturated rings. The number of benzene rings is 2. The zero-order chi connectivity index (χ0) is 15.4. The highest BCUT2D eigenvalue weighted by atomic mass is 19.1. The largest absolute Gasteiger partial charge is 0.496 e. The highest BCUT2D eigenvalue weighted by molar-refractivity contribution is 5.48. The summed E-state index contributed by atoms with van der Waals surface area (Å²) in [5, 5.41) is 0. The van der Waals surface area contributed by atoms with E-state index in [4.69, 9.17) is 19.9 Å². The molecule has 0 heterocycles. The van der Waals surface area contributed by atoms with E-state index in [1.165, 1.54) is 20.3 Å². The average Bonchev–Trinajstić information content (AvgIpc) is 2.53. The second-order valence-corrected chi connectivity index (χ2v) is 4.45. The zero-order valence-electron chi connectivity index (χ0n) is 12.2. The molecule has 5 heteroatoms. The van der Waals surface area contributed by atoms with E-state index in [0.717, 1.165) is 0 Å². The molecular formula is C16H18FNO3. The first kappa shape index (κ1) is 15.1. The van der Waals surface area contributed by atoms with E-state index < -0.39 is 11.9 Å². The summed E-state index contributed by atoms with van der Waals surface area (Å²) in [6.45, 7) is 0. The van der Waals surface area contributed by atoms with Gasteiger partial charge in [-0.25, -0.2) is 4.39 Å². The van der Waals surface area contributed by atoms with Crippen LogP contribution >= 0.6 is 0 Å². The molecule has 0 amide bonds. The van der Waals surface area contributed by atoms with Gasteiger partial charge in [-0.1, -0.05) is 18.2 Å². The summed E-state index contributed by atoms with van der Waals surface area (Å²) in [6.07, 6.45) is 0. The van der Waals surface area contributed by atoms with Crippen molar-refractivity contribution >= 4 is 0 Å². The van der Waals surface area contributed by atoms with Crippen LogP contribution in [0.25, 0.3) is 0 Å². The lowest BCUT2D eigenvalue weighted by atomic mass is 9.97. The Morgan fingerprint density at radius 2 is 1.43 bits per heavy atom. The topological polar surface area (TPSA) is 53.7 Å². The van der Waals surface area contributed by atoms with Crippen LogP contribution in [0.3, 0.4) is 0 Å². The molecule has 4 nitrogen and oxygen atoms in total. The van der Waals surface area contributed by atoms with Gasteiger partial charge in [-0.05, 0) is 12.1 Å². The third-order valence-corrected chi connectivity index (χ3v) is 3.31. The van der Waals surface area contributed by atoms with Crippen molar-refractivity contribution in [1.82, 2.24) is 0 Å². The van der Waals surface area contributed by atoms with Gasteiger partial charge in [-0.15, -0.1) is 0 Å². The van der Waals surface area contributed by atoms with Gasteiger partial charge in [0.2, 0.25) is 0 Å². The molecular weight excluding hydrogens is 273 g/mol. The molecule has 0 aliphatic carbocycles. The molecule has 2 N–H and O–H groups in total. The molecule has 2 aromatic carbocycles. The number of rotatable bonds is 5.